The molecule has 5 nitrogen and oxygen atoms in total. The van der Waals surface area contributed by atoms with Crippen LogP contribution in [-0.4, -0.2) is 10.1 Å². The molecule has 0 saturated heterocycles. The highest BCUT2D eigenvalue weighted by Gasteiger charge is 2.13. The zero-order chi connectivity index (χ0) is 10.1. The first kappa shape index (κ1) is 8.71. The first-order valence-corrected chi connectivity index (χ1v) is 4.08. The maximum Gasteiger partial charge on any atom is 0.319 e. The Morgan fingerprint density at radius 3 is 2.86 bits per heavy atom. The van der Waals surface area contributed by atoms with Crippen LogP contribution in [0.4, 0.5) is 0 Å². The Hall–Kier alpha value is -1.88. The number of para-hydroxylation sites is 2. The van der Waals surface area contributed by atoms with Gasteiger partial charge in [0.1, 0.15) is 12.1 Å². The van der Waals surface area contributed by atoms with Crippen LogP contribution in [0, 0.1) is 5.21 Å². The van der Waals surface area contributed by atoms with Crippen LogP contribution in [0.15, 0.2) is 29.1 Å². The molecule has 0 aliphatic carbocycles. The maximum absolute atomic E-state index is 11.5. The van der Waals surface area contributed by atoms with Crippen LogP contribution in [0.25, 0.3) is 11.0 Å². The second-order valence-corrected chi connectivity index (χ2v) is 2.87. The molecule has 2 N–H and O–H groups in total. The number of nitrogens with zero attached hydrogens (tertiary/aromatic N) is 1. The quantitative estimate of drug-likeness (QED) is 0.479. The lowest BCUT2D eigenvalue weighted by atomic mass is 10.3. The first-order chi connectivity index (χ1) is 6.74. The molecule has 0 atom stereocenters. The molecule has 5 heteroatoms. The second-order valence-electron chi connectivity index (χ2n) is 2.87. The summed E-state index contributed by atoms with van der Waals surface area (Å²) in [5.74, 6) is 0. The fourth-order valence-electron chi connectivity index (χ4n) is 1.32. The summed E-state index contributed by atoms with van der Waals surface area (Å²) in [6.07, 6.45) is 0. The third-order valence-electron chi connectivity index (χ3n) is 2.03. The van der Waals surface area contributed by atoms with Gasteiger partial charge in [0.05, 0.1) is 0 Å². The summed E-state index contributed by atoms with van der Waals surface area (Å²) in [4.78, 5) is 13.8. The molecule has 2 rings (SSSR count). The molecule has 2 aromatic rings. The van der Waals surface area contributed by atoms with Gasteiger partial charge in [-0.15, -0.1) is 0 Å². The monoisotopic (exact) mass is 192 g/mol. The summed E-state index contributed by atoms with van der Waals surface area (Å²) < 4.78 is 0.453. The molecule has 1 aromatic carbocycles. The van der Waals surface area contributed by atoms with E-state index in [1.54, 1.807) is 24.3 Å². The molecule has 0 amide bonds. The van der Waals surface area contributed by atoms with Gasteiger partial charge < -0.3 is 15.3 Å². The third kappa shape index (κ3) is 1.14. The molecule has 72 valence electrons. The lowest BCUT2D eigenvalue weighted by Crippen LogP contribution is -2.40. The topological polar surface area (TPSA) is 80.0 Å². The smallest absolute Gasteiger partial charge is 0.319 e. The summed E-state index contributed by atoms with van der Waals surface area (Å²) in [5.41, 5.74) is 0.0609. The van der Waals surface area contributed by atoms with Crippen LogP contribution in [0.1, 0.15) is 5.69 Å². The minimum absolute atomic E-state index is 0.191. The van der Waals surface area contributed by atoms with E-state index in [0.717, 1.165) is 0 Å². The summed E-state index contributed by atoms with van der Waals surface area (Å²) in [6.45, 7) is -0.566. The van der Waals surface area contributed by atoms with Crippen LogP contribution in [0.2, 0.25) is 0 Å². The van der Waals surface area contributed by atoms with E-state index in [1.807, 2.05) is 0 Å². The van der Waals surface area contributed by atoms with Crippen LogP contribution in [0.3, 0.4) is 0 Å². The van der Waals surface area contributed by atoms with Gasteiger partial charge >= 0.3 is 5.56 Å². The fourth-order valence-corrected chi connectivity index (χ4v) is 1.32. The molecule has 0 spiro atoms. The highest BCUT2D eigenvalue weighted by Crippen LogP contribution is 2.03. The normalized spacial score (nSPS) is 10.6. The highest BCUT2D eigenvalue weighted by atomic mass is 16.5. The van der Waals surface area contributed by atoms with Crippen LogP contribution in [0.5, 0.6) is 0 Å². The van der Waals surface area contributed by atoms with E-state index in [1.165, 1.54) is 0 Å². The first-order valence-electron chi connectivity index (χ1n) is 4.08. The molecule has 0 radical (unpaired) electrons. The number of H-pyrrole nitrogens is 1. The van der Waals surface area contributed by atoms with Gasteiger partial charge in [0.15, 0.2) is 0 Å². The molecule has 0 unspecified atom stereocenters. The summed E-state index contributed by atoms with van der Waals surface area (Å²) in [7, 11) is 0. The number of hydrogen-bond donors (Lipinski definition) is 2. The molecule has 14 heavy (non-hydrogen) atoms. The van der Waals surface area contributed by atoms with Gasteiger partial charge in [-0.25, -0.2) is 0 Å². The number of fused-ring (bicyclic) bond motifs is 1. The second kappa shape index (κ2) is 3.12. The molecule has 1 heterocycles. The molecular weight excluding hydrogens is 184 g/mol. The molecule has 0 aliphatic rings. The number of hydrogen-bond acceptors (Lipinski definition) is 3. The third-order valence-corrected chi connectivity index (χ3v) is 2.03. The molecule has 0 bridgehead atoms. The number of aliphatic hydroxyl groups is 1. The van der Waals surface area contributed by atoms with E-state index < -0.39 is 12.2 Å². The Bertz CT molecular complexity index is 533. The minimum atomic E-state index is -0.566. The van der Waals surface area contributed by atoms with Crippen molar-refractivity contribution in [2.24, 2.45) is 0 Å². The Morgan fingerprint density at radius 1 is 1.43 bits per heavy atom. The van der Waals surface area contributed by atoms with E-state index in [9.17, 15) is 10.0 Å². The van der Waals surface area contributed by atoms with Gasteiger partial charge in [-0.2, -0.15) is 4.73 Å². The average molecular weight is 192 g/mol. The van der Waals surface area contributed by atoms with Gasteiger partial charge in [0.25, 0.3) is 5.69 Å². The van der Waals surface area contributed by atoms with Crippen LogP contribution < -0.4 is 10.3 Å². The Balaban J connectivity index is 2.93. The SMILES string of the molecule is O=c1[nH]c2ccccc2[n+]([O-])c1CO. The maximum atomic E-state index is 11.5. The summed E-state index contributed by atoms with van der Waals surface area (Å²) >= 11 is 0. The van der Waals surface area contributed by atoms with Gasteiger partial charge in [0.2, 0.25) is 5.52 Å². The van der Waals surface area contributed by atoms with E-state index in [2.05, 4.69) is 4.98 Å². The van der Waals surface area contributed by atoms with Crippen molar-refractivity contribution in [3.05, 3.63) is 45.5 Å². The van der Waals surface area contributed by atoms with E-state index in [0.29, 0.717) is 15.8 Å². The summed E-state index contributed by atoms with van der Waals surface area (Å²) in [6, 6.07) is 6.62. The fraction of sp³-hybridized carbons (Fsp3) is 0.111. The number of aromatic amines is 1. The lowest BCUT2D eigenvalue weighted by Gasteiger charge is -2.03. The molecular formula is C9H8N2O3. The number of benzene rings is 1. The van der Waals surface area contributed by atoms with Crippen molar-refractivity contribution in [2.45, 2.75) is 6.61 Å². The highest BCUT2D eigenvalue weighted by molar-refractivity contribution is 5.70. The number of aliphatic hydroxyl groups excluding tert-OH is 1. The van der Waals surface area contributed by atoms with Crippen molar-refractivity contribution < 1.29 is 9.84 Å². The average Bonchev–Trinajstić information content (AvgIpc) is 2.18. The van der Waals surface area contributed by atoms with E-state index in [-0.39, 0.29) is 5.69 Å². The zero-order valence-corrected chi connectivity index (χ0v) is 7.23. The number of nitrogens with one attached hydrogen (secondary N) is 1. The Morgan fingerprint density at radius 2 is 2.14 bits per heavy atom. The van der Waals surface area contributed by atoms with E-state index in [4.69, 9.17) is 5.11 Å². The van der Waals surface area contributed by atoms with Crippen molar-refractivity contribution in [1.82, 2.24) is 4.98 Å². The van der Waals surface area contributed by atoms with Crippen molar-refractivity contribution in [2.75, 3.05) is 0 Å². The number of rotatable bonds is 1. The molecule has 1 aromatic heterocycles. The Labute approximate surface area is 78.8 Å². The minimum Gasteiger partial charge on any atom is -0.618 e. The molecule has 0 aliphatic heterocycles. The van der Waals surface area contributed by atoms with Crippen molar-refractivity contribution in [3.8, 4) is 0 Å². The van der Waals surface area contributed by atoms with Gasteiger partial charge in [-0.1, -0.05) is 12.1 Å². The van der Waals surface area contributed by atoms with Crippen molar-refractivity contribution in [3.63, 3.8) is 0 Å². The lowest BCUT2D eigenvalue weighted by molar-refractivity contribution is -0.590. The summed E-state index contributed by atoms with van der Waals surface area (Å²) in [5, 5.41) is 20.3. The molecule has 0 saturated carbocycles. The number of aromatic nitrogens is 2. The van der Waals surface area contributed by atoms with Gasteiger partial charge in [-0.3, -0.25) is 4.79 Å². The predicted octanol–water partition coefficient (Wildman–Crippen LogP) is -0.346. The largest absolute Gasteiger partial charge is 0.618 e. The van der Waals surface area contributed by atoms with Crippen LogP contribution in [-0.2, 0) is 6.61 Å². The van der Waals surface area contributed by atoms with E-state index >= 15 is 0 Å². The Kier molecular flexibility index (Phi) is 1.94. The van der Waals surface area contributed by atoms with Gasteiger partial charge in [0, 0.05) is 6.07 Å². The predicted molar refractivity (Wildman–Crippen MR) is 49.5 cm³/mol. The van der Waals surface area contributed by atoms with Gasteiger partial charge in [-0.05, 0) is 6.07 Å². The van der Waals surface area contributed by atoms with Crippen LogP contribution >= 0.6 is 0 Å². The standard InChI is InChI=1S/C9H8N2O3/c12-5-8-9(13)10-6-3-1-2-4-7(6)11(8)14/h1-4,12H,5H2,(H,10,13). The van der Waals surface area contributed by atoms with Crippen molar-refractivity contribution >= 4 is 11.0 Å². The van der Waals surface area contributed by atoms with Crippen molar-refractivity contribution in [1.29, 1.82) is 0 Å². The zero-order valence-electron chi connectivity index (χ0n) is 7.23. The molecule has 0 fully saturated rings.